The number of ether oxygens (including phenoxy) is 1. The number of nitrogens with one attached hydrogen (secondary N) is 1. The van der Waals surface area contributed by atoms with E-state index in [0.717, 1.165) is 0 Å². The van der Waals surface area contributed by atoms with Crippen LogP contribution in [0.4, 0.5) is 4.79 Å². The maximum absolute atomic E-state index is 12.1. The van der Waals surface area contributed by atoms with Gasteiger partial charge in [-0.2, -0.15) is 0 Å². The normalized spacial score (nSPS) is 24.0. The van der Waals surface area contributed by atoms with Crippen molar-refractivity contribution in [2.45, 2.75) is 44.9 Å². The van der Waals surface area contributed by atoms with Gasteiger partial charge >= 0.3 is 18.0 Å². The lowest BCUT2D eigenvalue weighted by Gasteiger charge is -2.38. The minimum absolute atomic E-state index is 0.133. The van der Waals surface area contributed by atoms with Crippen LogP contribution in [0.1, 0.15) is 26.7 Å². The van der Waals surface area contributed by atoms with Gasteiger partial charge in [0.15, 0.2) is 0 Å². The number of nitrogens with zero attached hydrogens (tertiary/aromatic N) is 1. The summed E-state index contributed by atoms with van der Waals surface area (Å²) < 4.78 is 5.45. The molecule has 8 nitrogen and oxygen atoms in total. The minimum Gasteiger partial charge on any atom is -0.481 e. The first-order chi connectivity index (χ1) is 9.35. The van der Waals surface area contributed by atoms with Crippen LogP contribution in [0, 0.1) is 0 Å². The van der Waals surface area contributed by atoms with Crippen LogP contribution in [0.15, 0.2) is 0 Å². The van der Waals surface area contributed by atoms with Gasteiger partial charge in [0.1, 0.15) is 6.04 Å². The van der Waals surface area contributed by atoms with Gasteiger partial charge in [-0.1, -0.05) is 6.92 Å². The number of amides is 2. The van der Waals surface area contributed by atoms with Crippen LogP contribution >= 0.6 is 0 Å². The molecular weight excluding hydrogens is 268 g/mol. The summed E-state index contributed by atoms with van der Waals surface area (Å²) in [5.74, 6) is -2.64. The highest BCUT2D eigenvalue weighted by Gasteiger charge is 2.32. The van der Waals surface area contributed by atoms with Crippen LogP contribution in [0.3, 0.4) is 0 Å². The third kappa shape index (κ3) is 4.37. The molecular formula is C12H20N2O6. The van der Waals surface area contributed by atoms with Crippen molar-refractivity contribution in [3.05, 3.63) is 0 Å². The Morgan fingerprint density at radius 1 is 1.40 bits per heavy atom. The molecule has 0 radical (unpaired) electrons. The number of morpholine rings is 1. The average Bonchev–Trinajstić information content (AvgIpc) is 2.37. The summed E-state index contributed by atoms with van der Waals surface area (Å²) in [7, 11) is 0. The van der Waals surface area contributed by atoms with Gasteiger partial charge < -0.3 is 25.2 Å². The summed E-state index contributed by atoms with van der Waals surface area (Å²) in [6, 6.07) is -2.14. The zero-order valence-corrected chi connectivity index (χ0v) is 11.5. The van der Waals surface area contributed by atoms with Crippen molar-refractivity contribution in [1.82, 2.24) is 10.2 Å². The zero-order chi connectivity index (χ0) is 15.3. The van der Waals surface area contributed by atoms with Crippen molar-refractivity contribution >= 4 is 18.0 Å². The first-order valence-electron chi connectivity index (χ1n) is 6.48. The molecule has 2 amide bonds. The lowest BCUT2D eigenvalue weighted by molar-refractivity contribution is -0.145. The number of rotatable bonds is 5. The van der Waals surface area contributed by atoms with E-state index in [0.29, 0.717) is 19.6 Å². The second kappa shape index (κ2) is 7.09. The van der Waals surface area contributed by atoms with Gasteiger partial charge in [0.05, 0.1) is 25.2 Å². The number of carboxylic acid groups (broad SMARTS) is 2. The number of urea groups is 1. The quantitative estimate of drug-likeness (QED) is 0.662. The topological polar surface area (TPSA) is 116 Å². The van der Waals surface area contributed by atoms with Crippen LogP contribution in [-0.4, -0.2) is 64.4 Å². The molecule has 2 unspecified atom stereocenters. The fraction of sp³-hybridized carbons (Fsp3) is 0.750. The summed E-state index contributed by atoms with van der Waals surface area (Å²) in [4.78, 5) is 35.2. The highest BCUT2D eigenvalue weighted by atomic mass is 16.5. The maximum Gasteiger partial charge on any atom is 0.326 e. The second-order valence-corrected chi connectivity index (χ2v) is 4.80. The van der Waals surface area contributed by atoms with Crippen LogP contribution in [0.2, 0.25) is 0 Å². The molecule has 8 heteroatoms. The molecule has 1 aliphatic rings. The zero-order valence-electron chi connectivity index (χ0n) is 11.5. The molecule has 3 N–H and O–H groups in total. The van der Waals surface area contributed by atoms with Crippen LogP contribution in [0.25, 0.3) is 0 Å². The van der Waals surface area contributed by atoms with E-state index in [1.807, 2.05) is 13.8 Å². The van der Waals surface area contributed by atoms with E-state index in [1.54, 1.807) is 0 Å². The van der Waals surface area contributed by atoms with Crippen LogP contribution in [-0.2, 0) is 14.3 Å². The smallest absolute Gasteiger partial charge is 0.326 e. The summed E-state index contributed by atoms with van der Waals surface area (Å²) in [6.07, 6.45) is -0.111. The molecule has 0 aromatic rings. The van der Waals surface area contributed by atoms with E-state index in [9.17, 15) is 14.4 Å². The Hall–Kier alpha value is -1.83. The molecule has 1 heterocycles. The molecule has 1 fully saturated rings. The second-order valence-electron chi connectivity index (χ2n) is 4.80. The van der Waals surface area contributed by atoms with Gasteiger partial charge in [-0.25, -0.2) is 9.59 Å². The maximum atomic E-state index is 12.1. The van der Waals surface area contributed by atoms with Gasteiger partial charge in [-0.05, 0) is 13.3 Å². The molecule has 0 aromatic carbocycles. The number of hydrogen-bond donors (Lipinski definition) is 3. The number of aliphatic carboxylic acids is 2. The molecule has 114 valence electrons. The Kier molecular flexibility index (Phi) is 5.75. The van der Waals surface area contributed by atoms with Gasteiger partial charge in [-0.3, -0.25) is 4.79 Å². The number of carbonyl (C=O) groups is 3. The standard InChI is InChI=1S/C12H20N2O6/c1-3-8-6-20-7(2)5-14(8)12(19)13-9(11(17)18)4-10(15)16/h7-9H,3-6H2,1-2H3,(H,13,19)(H,15,16)(H,17,18)/t7?,8?,9-/m0/s1. The largest absolute Gasteiger partial charge is 0.481 e. The van der Waals surface area contributed by atoms with Gasteiger partial charge in [0.2, 0.25) is 0 Å². The molecule has 0 aromatic heterocycles. The minimum atomic E-state index is -1.43. The monoisotopic (exact) mass is 288 g/mol. The van der Waals surface area contributed by atoms with E-state index in [-0.39, 0.29) is 12.1 Å². The van der Waals surface area contributed by atoms with Crippen molar-refractivity contribution in [2.24, 2.45) is 0 Å². The summed E-state index contributed by atoms with van der Waals surface area (Å²) >= 11 is 0. The lowest BCUT2D eigenvalue weighted by Crippen LogP contribution is -2.57. The van der Waals surface area contributed by atoms with E-state index in [1.165, 1.54) is 4.90 Å². The molecule has 1 saturated heterocycles. The predicted molar refractivity (Wildman–Crippen MR) is 68.4 cm³/mol. The van der Waals surface area contributed by atoms with Crippen molar-refractivity contribution in [2.75, 3.05) is 13.2 Å². The fourth-order valence-corrected chi connectivity index (χ4v) is 2.04. The molecule has 0 spiro atoms. The highest BCUT2D eigenvalue weighted by molar-refractivity contribution is 5.86. The van der Waals surface area contributed by atoms with Crippen molar-refractivity contribution in [3.63, 3.8) is 0 Å². The summed E-state index contributed by atoms with van der Waals surface area (Å²) in [6.45, 7) is 4.46. The van der Waals surface area contributed by atoms with Gasteiger partial charge in [0, 0.05) is 6.54 Å². The number of hydrogen-bond acceptors (Lipinski definition) is 4. The van der Waals surface area contributed by atoms with Crippen molar-refractivity contribution < 1.29 is 29.3 Å². The molecule has 0 aliphatic carbocycles. The van der Waals surface area contributed by atoms with E-state index >= 15 is 0 Å². The van der Waals surface area contributed by atoms with Crippen molar-refractivity contribution in [1.29, 1.82) is 0 Å². The van der Waals surface area contributed by atoms with Crippen LogP contribution < -0.4 is 5.32 Å². The number of carbonyl (C=O) groups excluding carboxylic acids is 1. The SMILES string of the molecule is CCC1COC(C)CN1C(=O)N[C@@H](CC(=O)O)C(=O)O. The lowest BCUT2D eigenvalue weighted by atomic mass is 10.1. The van der Waals surface area contributed by atoms with E-state index in [2.05, 4.69) is 5.32 Å². The summed E-state index contributed by atoms with van der Waals surface area (Å²) in [5, 5.41) is 19.8. The molecule has 1 aliphatic heterocycles. The van der Waals surface area contributed by atoms with Crippen molar-refractivity contribution in [3.8, 4) is 0 Å². The highest BCUT2D eigenvalue weighted by Crippen LogP contribution is 2.14. The summed E-state index contributed by atoms with van der Waals surface area (Å²) in [5.41, 5.74) is 0. The molecule has 0 saturated carbocycles. The Labute approximate surface area is 116 Å². The third-order valence-electron chi connectivity index (χ3n) is 3.17. The molecule has 3 atom stereocenters. The molecule has 0 bridgehead atoms. The fourth-order valence-electron chi connectivity index (χ4n) is 2.04. The Bertz CT molecular complexity index is 386. The Morgan fingerprint density at radius 3 is 2.55 bits per heavy atom. The predicted octanol–water partition coefficient (Wildman–Crippen LogP) is 0.123. The van der Waals surface area contributed by atoms with Gasteiger partial charge in [0.25, 0.3) is 0 Å². The Morgan fingerprint density at radius 2 is 2.05 bits per heavy atom. The average molecular weight is 288 g/mol. The van der Waals surface area contributed by atoms with E-state index in [4.69, 9.17) is 14.9 Å². The van der Waals surface area contributed by atoms with Gasteiger partial charge in [-0.15, -0.1) is 0 Å². The van der Waals surface area contributed by atoms with E-state index < -0.39 is 30.4 Å². The first-order valence-corrected chi connectivity index (χ1v) is 6.48. The number of carboxylic acids is 2. The third-order valence-corrected chi connectivity index (χ3v) is 3.17. The first kappa shape index (κ1) is 16.2. The Balaban J connectivity index is 2.70. The van der Waals surface area contributed by atoms with Crippen LogP contribution in [0.5, 0.6) is 0 Å². The molecule has 1 rings (SSSR count). The molecule has 20 heavy (non-hydrogen) atoms.